The van der Waals surface area contributed by atoms with Gasteiger partial charge in [0.05, 0.1) is 11.7 Å². The predicted octanol–water partition coefficient (Wildman–Crippen LogP) is 2.06. The second kappa shape index (κ2) is 3.09. The van der Waals surface area contributed by atoms with Gasteiger partial charge >= 0.3 is 0 Å². The minimum absolute atomic E-state index is 0.254. The van der Waals surface area contributed by atoms with Crippen molar-refractivity contribution in [1.29, 1.82) is 0 Å². The van der Waals surface area contributed by atoms with Crippen LogP contribution in [0.4, 0.5) is 0 Å². The van der Waals surface area contributed by atoms with E-state index in [0.717, 1.165) is 13.1 Å². The van der Waals surface area contributed by atoms with Crippen molar-refractivity contribution in [1.82, 2.24) is 14.7 Å². The molecule has 14 heavy (non-hydrogen) atoms. The van der Waals surface area contributed by atoms with E-state index in [4.69, 9.17) is 0 Å². The van der Waals surface area contributed by atoms with Gasteiger partial charge in [0.15, 0.2) is 0 Å². The molecule has 0 aromatic carbocycles. The molecule has 2 rings (SSSR count). The summed E-state index contributed by atoms with van der Waals surface area (Å²) >= 11 is 0. The van der Waals surface area contributed by atoms with Gasteiger partial charge in [-0.2, -0.15) is 5.10 Å². The first-order valence-electron chi connectivity index (χ1n) is 5.26. The van der Waals surface area contributed by atoms with Gasteiger partial charge in [0.25, 0.3) is 0 Å². The number of fused-ring (bicyclic) bond motifs is 1. The summed E-state index contributed by atoms with van der Waals surface area (Å²) in [5, 5.41) is 4.34. The van der Waals surface area contributed by atoms with Crippen LogP contribution < -0.4 is 0 Å². The van der Waals surface area contributed by atoms with Crippen molar-refractivity contribution in [2.75, 3.05) is 6.54 Å². The van der Waals surface area contributed by atoms with Crippen molar-refractivity contribution in [3.05, 3.63) is 18.0 Å². The SMILES string of the molecule is CC1CN(C(C)(C)C)Cc2ccnn21. The molecule has 0 radical (unpaired) electrons. The predicted molar refractivity (Wildman–Crippen MR) is 57.1 cm³/mol. The van der Waals surface area contributed by atoms with Crippen LogP contribution >= 0.6 is 0 Å². The highest BCUT2D eigenvalue weighted by Gasteiger charge is 2.29. The maximum atomic E-state index is 4.34. The first kappa shape index (κ1) is 9.71. The van der Waals surface area contributed by atoms with E-state index >= 15 is 0 Å². The van der Waals surface area contributed by atoms with Crippen molar-refractivity contribution in [3.63, 3.8) is 0 Å². The van der Waals surface area contributed by atoms with E-state index in [0.29, 0.717) is 6.04 Å². The van der Waals surface area contributed by atoms with Crippen LogP contribution in [0.3, 0.4) is 0 Å². The van der Waals surface area contributed by atoms with Crippen LogP contribution in [0.15, 0.2) is 12.3 Å². The molecule has 3 heteroatoms. The second-order valence-corrected chi connectivity index (χ2v) is 5.17. The lowest BCUT2D eigenvalue weighted by molar-refractivity contribution is 0.0818. The van der Waals surface area contributed by atoms with Gasteiger partial charge in [0, 0.05) is 24.8 Å². The van der Waals surface area contributed by atoms with Crippen LogP contribution in [0.5, 0.6) is 0 Å². The van der Waals surface area contributed by atoms with Gasteiger partial charge in [-0.3, -0.25) is 9.58 Å². The summed E-state index contributed by atoms with van der Waals surface area (Å²) in [6.45, 7) is 11.2. The third-order valence-electron chi connectivity index (χ3n) is 2.96. The highest BCUT2D eigenvalue weighted by atomic mass is 15.4. The van der Waals surface area contributed by atoms with Gasteiger partial charge in [0.2, 0.25) is 0 Å². The molecule has 0 N–H and O–H groups in total. The molecule has 0 amide bonds. The minimum Gasteiger partial charge on any atom is -0.291 e. The molecule has 1 unspecified atom stereocenters. The normalized spacial score (nSPS) is 23.6. The van der Waals surface area contributed by atoms with Gasteiger partial charge in [-0.1, -0.05) is 0 Å². The first-order valence-corrected chi connectivity index (χ1v) is 5.26. The Morgan fingerprint density at radius 3 is 2.79 bits per heavy atom. The number of hydrogen-bond donors (Lipinski definition) is 0. The molecule has 0 saturated carbocycles. The molecular weight excluding hydrogens is 174 g/mol. The standard InChI is InChI=1S/C11H19N3/c1-9-7-13(11(2,3)4)8-10-5-6-12-14(9)10/h5-6,9H,7-8H2,1-4H3. The Hall–Kier alpha value is -0.830. The minimum atomic E-state index is 0.254. The fourth-order valence-electron chi connectivity index (χ4n) is 2.03. The zero-order valence-electron chi connectivity index (χ0n) is 9.49. The van der Waals surface area contributed by atoms with Gasteiger partial charge in [-0.25, -0.2) is 0 Å². The Morgan fingerprint density at radius 2 is 2.14 bits per heavy atom. The monoisotopic (exact) mass is 193 g/mol. The number of hydrogen-bond acceptors (Lipinski definition) is 2. The molecular formula is C11H19N3. The summed E-state index contributed by atoms with van der Waals surface area (Å²) < 4.78 is 2.14. The van der Waals surface area contributed by atoms with Gasteiger partial charge in [-0.15, -0.1) is 0 Å². The lowest BCUT2D eigenvalue weighted by atomic mass is 10.0. The molecule has 78 valence electrons. The molecule has 2 heterocycles. The lowest BCUT2D eigenvalue weighted by Crippen LogP contribution is -2.47. The lowest BCUT2D eigenvalue weighted by Gasteiger charge is -2.41. The topological polar surface area (TPSA) is 21.1 Å². The largest absolute Gasteiger partial charge is 0.291 e. The van der Waals surface area contributed by atoms with E-state index in [1.54, 1.807) is 0 Å². The maximum absolute atomic E-state index is 4.34. The van der Waals surface area contributed by atoms with Crippen molar-refractivity contribution in [2.24, 2.45) is 0 Å². The van der Waals surface area contributed by atoms with Crippen molar-refractivity contribution in [3.8, 4) is 0 Å². The van der Waals surface area contributed by atoms with Crippen LogP contribution in [0, 0.1) is 0 Å². The summed E-state index contributed by atoms with van der Waals surface area (Å²) in [6.07, 6.45) is 1.90. The Bertz CT molecular complexity index is 322. The average Bonchev–Trinajstić information content (AvgIpc) is 2.50. The first-order chi connectivity index (χ1) is 6.48. The van der Waals surface area contributed by atoms with E-state index in [9.17, 15) is 0 Å². The molecule has 0 fully saturated rings. The maximum Gasteiger partial charge on any atom is 0.0622 e. The third-order valence-corrected chi connectivity index (χ3v) is 2.96. The van der Waals surface area contributed by atoms with E-state index in [1.165, 1.54) is 5.69 Å². The average molecular weight is 193 g/mol. The fourth-order valence-corrected chi connectivity index (χ4v) is 2.03. The fraction of sp³-hybridized carbons (Fsp3) is 0.727. The quantitative estimate of drug-likeness (QED) is 0.629. The summed E-state index contributed by atoms with van der Waals surface area (Å²) in [5.74, 6) is 0. The summed E-state index contributed by atoms with van der Waals surface area (Å²) in [6, 6.07) is 2.61. The molecule has 3 nitrogen and oxygen atoms in total. The Labute approximate surface area is 85.7 Å². The molecule has 0 aliphatic carbocycles. The van der Waals surface area contributed by atoms with Gasteiger partial charge in [-0.05, 0) is 33.8 Å². The van der Waals surface area contributed by atoms with E-state index in [-0.39, 0.29) is 5.54 Å². The van der Waals surface area contributed by atoms with Crippen LogP contribution in [0.2, 0.25) is 0 Å². The molecule has 0 saturated heterocycles. The Kier molecular flexibility index (Phi) is 2.14. The van der Waals surface area contributed by atoms with Gasteiger partial charge < -0.3 is 0 Å². The van der Waals surface area contributed by atoms with Crippen LogP contribution in [0.25, 0.3) is 0 Å². The summed E-state index contributed by atoms with van der Waals surface area (Å²) in [7, 11) is 0. The molecule has 1 aliphatic rings. The zero-order valence-corrected chi connectivity index (χ0v) is 9.49. The Balaban J connectivity index is 2.26. The molecule has 0 spiro atoms. The third kappa shape index (κ3) is 1.57. The van der Waals surface area contributed by atoms with E-state index in [2.05, 4.69) is 48.4 Å². The number of aromatic nitrogens is 2. The van der Waals surface area contributed by atoms with Crippen LogP contribution in [-0.4, -0.2) is 26.8 Å². The molecule has 1 atom stereocenters. The summed E-state index contributed by atoms with van der Waals surface area (Å²) in [5.41, 5.74) is 1.59. The van der Waals surface area contributed by atoms with Crippen molar-refractivity contribution < 1.29 is 0 Å². The van der Waals surface area contributed by atoms with Crippen molar-refractivity contribution >= 4 is 0 Å². The molecule has 1 aromatic rings. The molecule has 1 aromatic heterocycles. The molecule has 1 aliphatic heterocycles. The van der Waals surface area contributed by atoms with Crippen LogP contribution in [-0.2, 0) is 6.54 Å². The summed E-state index contributed by atoms with van der Waals surface area (Å²) in [4.78, 5) is 2.51. The number of rotatable bonds is 0. The molecule has 0 bridgehead atoms. The van der Waals surface area contributed by atoms with E-state index < -0.39 is 0 Å². The smallest absolute Gasteiger partial charge is 0.0622 e. The number of nitrogens with zero attached hydrogens (tertiary/aromatic N) is 3. The Morgan fingerprint density at radius 1 is 1.43 bits per heavy atom. The van der Waals surface area contributed by atoms with Gasteiger partial charge in [0.1, 0.15) is 0 Å². The highest BCUT2D eigenvalue weighted by Crippen LogP contribution is 2.25. The van der Waals surface area contributed by atoms with Crippen molar-refractivity contribution in [2.45, 2.75) is 45.8 Å². The van der Waals surface area contributed by atoms with Crippen LogP contribution in [0.1, 0.15) is 39.4 Å². The second-order valence-electron chi connectivity index (χ2n) is 5.17. The zero-order chi connectivity index (χ0) is 10.3. The highest BCUT2D eigenvalue weighted by molar-refractivity contribution is 5.06. The van der Waals surface area contributed by atoms with E-state index in [1.807, 2.05) is 6.20 Å².